The molecule has 1 aliphatic carbocycles. The summed E-state index contributed by atoms with van der Waals surface area (Å²) in [6, 6.07) is 5.15. The molecule has 0 aromatic carbocycles. The molecule has 4 rings (SSSR count). The van der Waals surface area contributed by atoms with Crippen LogP contribution in [0.15, 0.2) is 24.4 Å². The Morgan fingerprint density at radius 1 is 1.29 bits per heavy atom. The average Bonchev–Trinajstić information content (AvgIpc) is 3.19. The van der Waals surface area contributed by atoms with Gasteiger partial charge >= 0.3 is 6.03 Å². The van der Waals surface area contributed by atoms with Crippen molar-refractivity contribution in [2.75, 3.05) is 13.1 Å². The van der Waals surface area contributed by atoms with Crippen LogP contribution in [-0.4, -0.2) is 56.0 Å². The lowest BCUT2D eigenvalue weighted by atomic mass is 9.77. The predicted molar refractivity (Wildman–Crippen MR) is 100 cm³/mol. The van der Waals surface area contributed by atoms with E-state index in [4.69, 9.17) is 0 Å². The van der Waals surface area contributed by atoms with Gasteiger partial charge in [-0.2, -0.15) is 0 Å². The van der Waals surface area contributed by atoms with Gasteiger partial charge in [0.05, 0.1) is 0 Å². The summed E-state index contributed by atoms with van der Waals surface area (Å²) in [6.45, 7) is 2.24. The third-order valence-corrected chi connectivity index (χ3v) is 5.73. The normalized spacial score (nSPS) is 24.8. The Kier molecular flexibility index (Phi) is 4.74. The topological polar surface area (TPSA) is 109 Å². The standard InChI is InChI=1S/C19H24N6O3/c1-13-5-8-19(9-6-13)17(27)25(18(28)21-19)12-16(26)20-10-7-15-23-22-14-4-2-3-11-24(14)15/h2-4,11,13H,5-10,12H2,1H3,(H,20,26)(H,21,28). The first-order valence-corrected chi connectivity index (χ1v) is 9.68. The highest BCUT2D eigenvalue weighted by Crippen LogP contribution is 2.36. The van der Waals surface area contributed by atoms with Gasteiger partial charge in [0, 0.05) is 19.2 Å². The zero-order valence-corrected chi connectivity index (χ0v) is 15.9. The second kappa shape index (κ2) is 7.21. The van der Waals surface area contributed by atoms with Crippen LogP contribution >= 0.6 is 0 Å². The summed E-state index contributed by atoms with van der Waals surface area (Å²) in [4.78, 5) is 38.4. The zero-order valence-electron chi connectivity index (χ0n) is 15.9. The minimum atomic E-state index is -0.815. The molecule has 1 saturated carbocycles. The van der Waals surface area contributed by atoms with Crippen molar-refractivity contribution in [2.45, 2.75) is 44.6 Å². The van der Waals surface area contributed by atoms with Crippen molar-refractivity contribution in [3.63, 3.8) is 0 Å². The zero-order chi connectivity index (χ0) is 19.7. The number of urea groups is 1. The average molecular weight is 384 g/mol. The van der Waals surface area contributed by atoms with Crippen molar-refractivity contribution in [1.82, 2.24) is 30.1 Å². The molecule has 1 spiro atoms. The van der Waals surface area contributed by atoms with Gasteiger partial charge in [0.2, 0.25) is 5.91 Å². The van der Waals surface area contributed by atoms with Gasteiger partial charge in [0.15, 0.2) is 5.65 Å². The maximum Gasteiger partial charge on any atom is 0.325 e. The summed E-state index contributed by atoms with van der Waals surface area (Å²) in [5, 5.41) is 13.8. The highest BCUT2D eigenvalue weighted by molar-refractivity contribution is 6.09. The Morgan fingerprint density at radius 2 is 2.07 bits per heavy atom. The Bertz CT molecular complexity index is 915. The highest BCUT2D eigenvalue weighted by atomic mass is 16.2. The summed E-state index contributed by atoms with van der Waals surface area (Å²) in [5.74, 6) is 0.656. The van der Waals surface area contributed by atoms with E-state index < -0.39 is 11.6 Å². The largest absolute Gasteiger partial charge is 0.354 e. The van der Waals surface area contributed by atoms with Crippen molar-refractivity contribution in [2.24, 2.45) is 5.92 Å². The minimum absolute atomic E-state index is 0.261. The Morgan fingerprint density at radius 3 is 2.86 bits per heavy atom. The van der Waals surface area contributed by atoms with Crippen LogP contribution in [0.1, 0.15) is 38.4 Å². The number of imide groups is 1. The van der Waals surface area contributed by atoms with Crippen LogP contribution in [0, 0.1) is 5.92 Å². The van der Waals surface area contributed by atoms with E-state index in [1.54, 1.807) is 0 Å². The SMILES string of the molecule is CC1CCC2(CC1)NC(=O)N(CC(=O)NCCc1nnc3ccccn13)C2=O. The third kappa shape index (κ3) is 3.32. The summed E-state index contributed by atoms with van der Waals surface area (Å²) in [6.07, 6.45) is 5.44. The Hall–Kier alpha value is -2.97. The molecule has 2 aromatic heterocycles. The first-order chi connectivity index (χ1) is 13.5. The molecular weight excluding hydrogens is 360 g/mol. The number of hydrogen-bond donors (Lipinski definition) is 2. The maximum absolute atomic E-state index is 12.8. The van der Waals surface area contributed by atoms with Gasteiger partial charge < -0.3 is 10.6 Å². The van der Waals surface area contributed by atoms with E-state index in [1.807, 2.05) is 28.8 Å². The number of carbonyl (C=O) groups excluding carboxylic acids is 3. The van der Waals surface area contributed by atoms with Gasteiger partial charge in [0.1, 0.15) is 17.9 Å². The number of amides is 4. The molecule has 2 aliphatic rings. The molecule has 1 aliphatic heterocycles. The van der Waals surface area contributed by atoms with Gasteiger partial charge in [-0.25, -0.2) is 4.79 Å². The lowest BCUT2D eigenvalue weighted by Gasteiger charge is -2.33. The monoisotopic (exact) mass is 384 g/mol. The fraction of sp³-hybridized carbons (Fsp3) is 0.526. The molecule has 0 unspecified atom stereocenters. The van der Waals surface area contributed by atoms with E-state index in [0.717, 1.165) is 29.2 Å². The molecule has 0 bridgehead atoms. The molecule has 4 amide bonds. The number of aromatic nitrogens is 3. The molecule has 28 heavy (non-hydrogen) atoms. The van der Waals surface area contributed by atoms with Crippen LogP contribution in [0.5, 0.6) is 0 Å². The number of rotatable bonds is 5. The van der Waals surface area contributed by atoms with Crippen LogP contribution in [0.3, 0.4) is 0 Å². The van der Waals surface area contributed by atoms with Crippen molar-refractivity contribution >= 4 is 23.5 Å². The van der Waals surface area contributed by atoms with E-state index in [2.05, 4.69) is 27.8 Å². The molecule has 2 aromatic rings. The molecule has 3 heterocycles. The predicted octanol–water partition coefficient (Wildman–Crippen LogP) is 0.889. The van der Waals surface area contributed by atoms with Gasteiger partial charge in [-0.05, 0) is 43.7 Å². The molecule has 0 radical (unpaired) electrons. The highest BCUT2D eigenvalue weighted by Gasteiger charge is 2.52. The van der Waals surface area contributed by atoms with Crippen molar-refractivity contribution in [1.29, 1.82) is 0 Å². The van der Waals surface area contributed by atoms with E-state index in [1.165, 1.54) is 0 Å². The summed E-state index contributed by atoms with van der Waals surface area (Å²) < 4.78 is 1.86. The van der Waals surface area contributed by atoms with Crippen LogP contribution in [0.4, 0.5) is 4.79 Å². The van der Waals surface area contributed by atoms with E-state index in [9.17, 15) is 14.4 Å². The number of fused-ring (bicyclic) bond motifs is 1. The fourth-order valence-electron chi connectivity index (χ4n) is 3.99. The van der Waals surface area contributed by atoms with Crippen LogP contribution in [0.25, 0.3) is 5.65 Å². The maximum atomic E-state index is 12.8. The quantitative estimate of drug-likeness (QED) is 0.744. The first kappa shape index (κ1) is 18.4. The van der Waals surface area contributed by atoms with Gasteiger partial charge in [-0.15, -0.1) is 10.2 Å². The van der Waals surface area contributed by atoms with Crippen molar-refractivity contribution < 1.29 is 14.4 Å². The molecular formula is C19H24N6O3. The molecule has 9 heteroatoms. The summed E-state index contributed by atoms with van der Waals surface area (Å²) in [7, 11) is 0. The van der Waals surface area contributed by atoms with Crippen molar-refractivity contribution in [3.05, 3.63) is 30.2 Å². The van der Waals surface area contributed by atoms with Gasteiger partial charge in [-0.3, -0.25) is 18.9 Å². The smallest absolute Gasteiger partial charge is 0.325 e. The fourth-order valence-corrected chi connectivity index (χ4v) is 3.99. The molecule has 0 atom stereocenters. The molecule has 1 saturated heterocycles. The van der Waals surface area contributed by atoms with E-state index in [0.29, 0.717) is 31.7 Å². The van der Waals surface area contributed by atoms with Crippen LogP contribution in [-0.2, 0) is 16.0 Å². The molecule has 2 fully saturated rings. The minimum Gasteiger partial charge on any atom is -0.354 e. The Labute approximate surface area is 162 Å². The Balaban J connectivity index is 1.31. The summed E-state index contributed by atoms with van der Waals surface area (Å²) in [5.41, 5.74) is -0.0696. The lowest BCUT2D eigenvalue weighted by molar-refractivity contribution is -0.136. The molecule has 9 nitrogen and oxygen atoms in total. The molecule has 2 N–H and O–H groups in total. The van der Waals surface area contributed by atoms with Gasteiger partial charge in [-0.1, -0.05) is 13.0 Å². The number of nitrogens with one attached hydrogen (secondary N) is 2. The summed E-state index contributed by atoms with van der Waals surface area (Å²) >= 11 is 0. The number of pyridine rings is 1. The number of carbonyl (C=O) groups is 3. The third-order valence-electron chi connectivity index (χ3n) is 5.73. The van der Waals surface area contributed by atoms with Crippen molar-refractivity contribution in [3.8, 4) is 0 Å². The second-order valence-corrected chi connectivity index (χ2v) is 7.73. The van der Waals surface area contributed by atoms with Crippen LogP contribution < -0.4 is 10.6 Å². The van der Waals surface area contributed by atoms with Crippen LogP contribution in [0.2, 0.25) is 0 Å². The first-order valence-electron chi connectivity index (χ1n) is 9.68. The lowest BCUT2D eigenvalue weighted by Crippen LogP contribution is -2.50. The second-order valence-electron chi connectivity index (χ2n) is 7.73. The van der Waals surface area contributed by atoms with E-state index in [-0.39, 0.29) is 18.4 Å². The molecule has 148 valence electrons. The van der Waals surface area contributed by atoms with Gasteiger partial charge in [0.25, 0.3) is 5.91 Å². The van der Waals surface area contributed by atoms with E-state index >= 15 is 0 Å². The number of hydrogen-bond acceptors (Lipinski definition) is 5. The number of nitrogens with zero attached hydrogens (tertiary/aromatic N) is 4.